The summed E-state index contributed by atoms with van der Waals surface area (Å²) in [6.45, 7) is -2.07. The van der Waals surface area contributed by atoms with E-state index in [1.165, 1.54) is 0 Å². The van der Waals surface area contributed by atoms with Crippen LogP contribution in [0.1, 0.15) is 72.8 Å². The predicted molar refractivity (Wildman–Crippen MR) is 246 cm³/mol. The average Bonchev–Trinajstić information content (AvgIpc) is 3.19. The Kier molecular flexibility index (Phi) is 22.0. The number of anilines is 2. The quantitative estimate of drug-likeness (QED) is 0.0451. The van der Waals surface area contributed by atoms with E-state index in [1.54, 1.807) is 104 Å². The summed E-state index contributed by atoms with van der Waals surface area (Å²) in [6.07, 6.45) is -6.96. The second-order valence-corrected chi connectivity index (χ2v) is 17.1. The summed E-state index contributed by atoms with van der Waals surface area (Å²) < 4.78 is 0.185. The third-order valence-electron chi connectivity index (χ3n) is 8.64. The number of nitrogens with zero attached hydrogens (tertiary/aromatic N) is 2. The minimum Gasteiger partial charge on any atom is -0.394 e. The number of halogens is 4. The molecule has 0 aliphatic rings. The highest BCUT2D eigenvalue weighted by Crippen LogP contribution is 2.40. The van der Waals surface area contributed by atoms with Crippen molar-refractivity contribution in [2.24, 2.45) is 11.5 Å². The summed E-state index contributed by atoms with van der Waals surface area (Å²) in [5, 5.41) is 84.2. The highest BCUT2D eigenvalue weighted by molar-refractivity contribution is 14.1. The molecule has 6 amide bonds. The summed E-state index contributed by atoms with van der Waals surface area (Å²) >= 11 is 6.92. The van der Waals surface area contributed by atoms with Crippen LogP contribution in [0.3, 0.4) is 0 Å². The first-order valence-corrected chi connectivity index (χ1v) is 22.0. The fourth-order valence-corrected chi connectivity index (χ4v) is 11.4. The van der Waals surface area contributed by atoms with Gasteiger partial charge in [0.1, 0.15) is 6.42 Å². The number of hydrogen-bond acceptors (Lipinski definition) is 14. The van der Waals surface area contributed by atoms with Crippen molar-refractivity contribution in [1.29, 1.82) is 0 Å². The second-order valence-electron chi connectivity index (χ2n) is 12.8. The van der Waals surface area contributed by atoms with Crippen molar-refractivity contribution >= 4 is 137 Å². The molecule has 0 aliphatic heterocycles. The summed E-state index contributed by atoms with van der Waals surface area (Å²) in [5.74, 6) is -5.82. The zero-order valence-electron chi connectivity index (χ0n) is 31.7. The van der Waals surface area contributed by atoms with Gasteiger partial charge in [-0.1, -0.05) is 13.8 Å². The highest BCUT2D eigenvalue weighted by atomic mass is 127. The van der Waals surface area contributed by atoms with Gasteiger partial charge in [0.25, 0.3) is 11.8 Å². The summed E-state index contributed by atoms with van der Waals surface area (Å²) in [5.41, 5.74) is 10.9. The third kappa shape index (κ3) is 13.0. The van der Waals surface area contributed by atoms with Crippen molar-refractivity contribution in [3.63, 3.8) is 0 Å². The van der Waals surface area contributed by atoms with E-state index in [0.29, 0.717) is 0 Å². The van der Waals surface area contributed by atoms with Crippen LogP contribution < -0.4 is 31.9 Å². The summed E-state index contributed by atoms with van der Waals surface area (Å²) in [6, 6.07) is 0. The molecule has 2 aromatic rings. The maximum absolute atomic E-state index is 14.5. The first kappa shape index (κ1) is 53.0. The normalized spacial score (nSPS) is 13.3. The molecule has 0 bridgehead atoms. The van der Waals surface area contributed by atoms with Crippen molar-refractivity contribution in [1.82, 2.24) is 10.6 Å². The predicted octanol–water partition coefficient (Wildman–Crippen LogP) is -1.94. The van der Waals surface area contributed by atoms with E-state index in [4.69, 9.17) is 11.5 Å². The third-order valence-corrected chi connectivity index (χ3v) is 12.9. The van der Waals surface area contributed by atoms with Crippen LogP contribution in [0, 0.1) is 14.3 Å². The molecule has 59 heavy (non-hydrogen) atoms. The molecule has 0 radical (unpaired) electrons. The molecule has 0 spiro atoms. The van der Waals surface area contributed by atoms with E-state index < -0.39 is 119 Å². The number of primary amides is 2. The fraction of sp³-hybridized carbons (Fsp3) is 0.486. The monoisotopic (exact) mass is 1280 g/mol. The lowest BCUT2D eigenvalue weighted by Gasteiger charge is -2.32. The van der Waals surface area contributed by atoms with Crippen LogP contribution >= 0.6 is 90.4 Å². The Labute approximate surface area is 393 Å². The number of hydrogen-bond donors (Lipinski definition) is 12. The van der Waals surface area contributed by atoms with E-state index in [9.17, 15) is 69.6 Å². The van der Waals surface area contributed by atoms with Crippen molar-refractivity contribution in [3.8, 4) is 0 Å². The number of aliphatic hydroxyl groups excluding tert-OH is 8. The first-order chi connectivity index (χ1) is 27.7. The Morgan fingerprint density at radius 1 is 0.542 bits per heavy atom. The number of benzene rings is 2. The molecule has 328 valence electrons. The number of amides is 6. The molecule has 2 rings (SSSR count). The van der Waals surface area contributed by atoms with E-state index in [2.05, 4.69) is 10.6 Å². The van der Waals surface area contributed by atoms with Crippen molar-refractivity contribution in [3.05, 3.63) is 47.7 Å². The summed E-state index contributed by atoms with van der Waals surface area (Å²) in [7, 11) is 0. The van der Waals surface area contributed by atoms with Crippen LogP contribution in [-0.4, -0.2) is 153 Å². The van der Waals surface area contributed by atoms with Gasteiger partial charge in [0, 0.05) is 16.7 Å². The van der Waals surface area contributed by atoms with Crippen LogP contribution in [-0.2, 0) is 22.4 Å². The average molecular weight is 1280 g/mol. The molecule has 4 unspecified atom stereocenters. The van der Waals surface area contributed by atoms with Gasteiger partial charge in [-0.3, -0.25) is 28.8 Å². The molecule has 4 atom stereocenters. The molecule has 0 aromatic heterocycles. The molecule has 0 saturated carbocycles. The van der Waals surface area contributed by atoms with Gasteiger partial charge in [-0.15, -0.1) is 0 Å². The Morgan fingerprint density at radius 3 is 1.29 bits per heavy atom. The van der Waals surface area contributed by atoms with Gasteiger partial charge in [0.05, 0.1) is 108 Å². The molecule has 20 nitrogen and oxygen atoms in total. The van der Waals surface area contributed by atoms with Crippen LogP contribution in [0.15, 0.2) is 0 Å². The van der Waals surface area contributed by atoms with Crippen LogP contribution in [0.25, 0.3) is 0 Å². The van der Waals surface area contributed by atoms with Crippen molar-refractivity contribution in [2.75, 3.05) is 62.4 Å². The van der Waals surface area contributed by atoms with Gasteiger partial charge in [-0.25, -0.2) is 0 Å². The van der Waals surface area contributed by atoms with E-state index in [1.807, 2.05) is 0 Å². The zero-order chi connectivity index (χ0) is 45.0. The topological polar surface area (TPSA) is 347 Å². The minimum atomic E-state index is -1.64. The minimum absolute atomic E-state index is 0.0166. The Hall–Kier alpha value is -2.14. The van der Waals surface area contributed by atoms with E-state index >= 15 is 0 Å². The number of nitrogens with two attached hydrogens (primary N) is 2. The van der Waals surface area contributed by atoms with Gasteiger partial charge in [-0.05, 0) is 114 Å². The standard InChI is InChI=1S/C35H46I4N6O14/c1-3-18-22(32(40)56)27(37)31(28(38)24(18)34(58)42-6-14(50)10-46)45(9-17(53)13-49)21(55)5-20(54)44(8-16(52)12-48)30-19(4-2)23(33(41)57)26(36)25(29(30)39)35(59)43-7-15(51)11-47/h14-17,46-53H,3-13H2,1-2H3,(H2,40,56)(H2,41,57)(H,42,58)(H,43,59). The maximum atomic E-state index is 14.5. The van der Waals surface area contributed by atoms with Crippen LogP contribution in [0.2, 0.25) is 0 Å². The Bertz CT molecular complexity index is 1920. The SMILES string of the molecule is CCc1c(C(N)=O)c(I)c(N(CC(O)CO)C(=O)CC(=O)N(CC(O)CO)c2c(I)c(C(=O)NCC(O)CO)c(I)c(C(N)=O)c2CC)c(I)c1C(=O)NCC(O)CO. The molecule has 24 heteroatoms. The van der Waals surface area contributed by atoms with Gasteiger partial charge < -0.3 is 72.8 Å². The number of aliphatic hydroxyl groups is 8. The largest absolute Gasteiger partial charge is 0.394 e. The highest BCUT2D eigenvalue weighted by Gasteiger charge is 2.37. The molecule has 0 fully saturated rings. The molecular weight excluding hydrogens is 1240 g/mol. The lowest BCUT2D eigenvalue weighted by molar-refractivity contribution is -0.127. The molecule has 14 N–H and O–H groups in total. The van der Waals surface area contributed by atoms with E-state index in [0.717, 1.165) is 9.80 Å². The van der Waals surface area contributed by atoms with Gasteiger partial charge in [0.2, 0.25) is 23.6 Å². The van der Waals surface area contributed by atoms with Crippen molar-refractivity contribution < 1.29 is 69.6 Å². The van der Waals surface area contributed by atoms with Gasteiger partial charge >= 0.3 is 0 Å². The molecule has 0 saturated heterocycles. The lowest BCUT2D eigenvalue weighted by atomic mass is 9.95. The fourth-order valence-electron chi connectivity index (χ4n) is 5.83. The van der Waals surface area contributed by atoms with Gasteiger partial charge in [-0.2, -0.15) is 0 Å². The van der Waals surface area contributed by atoms with Gasteiger partial charge in [0.15, 0.2) is 0 Å². The molecule has 0 aliphatic carbocycles. The Morgan fingerprint density at radius 2 is 0.898 bits per heavy atom. The molecule has 2 aromatic carbocycles. The van der Waals surface area contributed by atoms with E-state index in [-0.39, 0.29) is 71.9 Å². The number of carbonyl (C=O) groups excluding carboxylic acids is 6. The second kappa shape index (κ2) is 24.5. The first-order valence-electron chi connectivity index (χ1n) is 17.7. The number of carbonyl (C=O) groups is 6. The lowest BCUT2D eigenvalue weighted by Crippen LogP contribution is -2.46. The zero-order valence-corrected chi connectivity index (χ0v) is 40.3. The summed E-state index contributed by atoms with van der Waals surface area (Å²) in [4.78, 5) is 83.9. The maximum Gasteiger partial charge on any atom is 0.253 e. The smallest absolute Gasteiger partial charge is 0.253 e. The molecule has 0 heterocycles. The van der Waals surface area contributed by atoms with Crippen LogP contribution in [0.4, 0.5) is 11.4 Å². The molecular formula is C35H46I4N6O14. The Balaban J connectivity index is 2.98. The van der Waals surface area contributed by atoms with Crippen molar-refractivity contribution in [2.45, 2.75) is 57.5 Å². The number of rotatable bonds is 22. The number of nitrogens with one attached hydrogen (secondary N) is 2. The van der Waals surface area contributed by atoms with Crippen LogP contribution in [0.5, 0.6) is 0 Å².